The van der Waals surface area contributed by atoms with Gasteiger partial charge in [-0.1, -0.05) is 32.0 Å². The minimum Gasteiger partial charge on any atom is -0.372 e. The molecule has 0 amide bonds. The SMILES string of the molecule is CNc1nc(-c2csc3ccccc23)nc(C(C)C)c1Br. The van der Waals surface area contributed by atoms with Crippen molar-refractivity contribution in [2.24, 2.45) is 0 Å². The Labute approximate surface area is 136 Å². The Morgan fingerprint density at radius 3 is 2.67 bits per heavy atom. The number of aromatic nitrogens is 2. The number of nitrogens with zero attached hydrogens (tertiary/aromatic N) is 2. The maximum atomic E-state index is 4.78. The molecule has 0 saturated heterocycles. The first-order chi connectivity index (χ1) is 10.1. The van der Waals surface area contributed by atoms with Crippen LogP contribution in [0.5, 0.6) is 0 Å². The second-order valence-electron chi connectivity index (χ2n) is 5.15. The Bertz CT molecular complexity index is 795. The molecular weight excluding hydrogens is 346 g/mol. The second-order valence-corrected chi connectivity index (χ2v) is 6.85. The van der Waals surface area contributed by atoms with E-state index < -0.39 is 0 Å². The van der Waals surface area contributed by atoms with Crippen molar-refractivity contribution in [1.29, 1.82) is 0 Å². The molecule has 3 nitrogen and oxygen atoms in total. The molecule has 0 unspecified atom stereocenters. The molecule has 0 radical (unpaired) electrons. The molecule has 0 fully saturated rings. The Hall–Kier alpha value is -1.46. The molecule has 0 spiro atoms. The molecule has 3 aromatic rings. The summed E-state index contributed by atoms with van der Waals surface area (Å²) in [4.78, 5) is 9.45. The monoisotopic (exact) mass is 361 g/mol. The molecule has 21 heavy (non-hydrogen) atoms. The van der Waals surface area contributed by atoms with Crippen LogP contribution in [0.25, 0.3) is 21.5 Å². The second kappa shape index (κ2) is 5.73. The largest absolute Gasteiger partial charge is 0.372 e. The quantitative estimate of drug-likeness (QED) is 0.688. The molecule has 0 bridgehead atoms. The summed E-state index contributed by atoms with van der Waals surface area (Å²) in [5.74, 6) is 1.95. The average Bonchev–Trinajstić information content (AvgIpc) is 2.91. The van der Waals surface area contributed by atoms with Gasteiger partial charge in [-0.3, -0.25) is 0 Å². The molecule has 5 heteroatoms. The maximum Gasteiger partial charge on any atom is 0.163 e. The Morgan fingerprint density at radius 2 is 1.95 bits per heavy atom. The first kappa shape index (κ1) is 14.5. The fourth-order valence-corrected chi connectivity index (χ4v) is 4.06. The van der Waals surface area contributed by atoms with Crippen LogP contribution in [0, 0.1) is 0 Å². The molecule has 0 saturated carbocycles. The van der Waals surface area contributed by atoms with Crippen molar-refractivity contribution in [3.05, 3.63) is 39.8 Å². The van der Waals surface area contributed by atoms with E-state index in [0.29, 0.717) is 5.92 Å². The number of thiophene rings is 1. The summed E-state index contributed by atoms with van der Waals surface area (Å²) >= 11 is 5.33. The van der Waals surface area contributed by atoms with Crippen LogP contribution in [0.2, 0.25) is 0 Å². The van der Waals surface area contributed by atoms with Crippen LogP contribution >= 0.6 is 27.3 Å². The zero-order valence-corrected chi connectivity index (χ0v) is 14.5. The summed E-state index contributed by atoms with van der Waals surface area (Å²) in [5, 5.41) is 6.49. The molecule has 108 valence electrons. The summed E-state index contributed by atoms with van der Waals surface area (Å²) in [6, 6.07) is 8.37. The molecule has 0 aliphatic carbocycles. The number of anilines is 1. The van der Waals surface area contributed by atoms with E-state index in [2.05, 4.69) is 69.7 Å². The fourth-order valence-electron chi connectivity index (χ4n) is 2.28. The van der Waals surface area contributed by atoms with Gasteiger partial charge in [-0.15, -0.1) is 11.3 Å². The minimum absolute atomic E-state index is 0.332. The van der Waals surface area contributed by atoms with Crippen molar-refractivity contribution in [2.75, 3.05) is 12.4 Å². The normalized spacial score (nSPS) is 11.3. The van der Waals surface area contributed by atoms with E-state index in [9.17, 15) is 0 Å². The van der Waals surface area contributed by atoms with Gasteiger partial charge in [0, 0.05) is 28.1 Å². The number of hydrogen-bond donors (Lipinski definition) is 1. The standard InChI is InChI=1S/C16H16BrN3S/c1-9(2)14-13(17)16(18-3)20-15(19-14)11-8-21-12-7-5-4-6-10(11)12/h4-9H,1-3H3,(H,18,19,20). The van der Waals surface area contributed by atoms with E-state index in [-0.39, 0.29) is 0 Å². The van der Waals surface area contributed by atoms with Gasteiger partial charge in [-0.25, -0.2) is 9.97 Å². The van der Waals surface area contributed by atoms with Crippen LogP contribution in [0.4, 0.5) is 5.82 Å². The van der Waals surface area contributed by atoms with Crippen molar-refractivity contribution >= 4 is 43.2 Å². The fraction of sp³-hybridized carbons (Fsp3) is 0.250. The molecule has 0 aliphatic heterocycles. The molecule has 1 N–H and O–H groups in total. The number of benzene rings is 1. The van der Waals surface area contributed by atoms with Gasteiger partial charge in [-0.05, 0) is 27.9 Å². The summed E-state index contributed by atoms with van der Waals surface area (Å²) in [6.07, 6.45) is 0. The third kappa shape index (κ3) is 2.56. The van der Waals surface area contributed by atoms with E-state index in [1.165, 1.54) is 10.1 Å². The van der Waals surface area contributed by atoms with Crippen LogP contribution in [-0.4, -0.2) is 17.0 Å². The van der Waals surface area contributed by atoms with Crippen molar-refractivity contribution in [3.8, 4) is 11.4 Å². The molecule has 0 atom stereocenters. The number of halogens is 1. The van der Waals surface area contributed by atoms with Crippen molar-refractivity contribution in [2.45, 2.75) is 19.8 Å². The zero-order chi connectivity index (χ0) is 15.0. The van der Waals surface area contributed by atoms with Crippen LogP contribution in [0.1, 0.15) is 25.5 Å². The Morgan fingerprint density at radius 1 is 1.19 bits per heavy atom. The lowest BCUT2D eigenvalue weighted by Gasteiger charge is -2.13. The number of fused-ring (bicyclic) bond motifs is 1. The first-order valence-electron chi connectivity index (χ1n) is 6.83. The van der Waals surface area contributed by atoms with Crippen molar-refractivity contribution < 1.29 is 0 Å². The predicted molar refractivity (Wildman–Crippen MR) is 94.2 cm³/mol. The molecule has 2 heterocycles. The smallest absolute Gasteiger partial charge is 0.163 e. The summed E-state index contributed by atoms with van der Waals surface area (Å²) in [5.41, 5.74) is 2.13. The van der Waals surface area contributed by atoms with Gasteiger partial charge < -0.3 is 5.32 Å². The molecule has 0 aliphatic rings. The van der Waals surface area contributed by atoms with Gasteiger partial charge >= 0.3 is 0 Å². The lowest BCUT2D eigenvalue weighted by Crippen LogP contribution is -2.04. The van der Waals surface area contributed by atoms with Crippen LogP contribution in [0.15, 0.2) is 34.1 Å². The van der Waals surface area contributed by atoms with Gasteiger partial charge in [0.05, 0.1) is 10.2 Å². The topological polar surface area (TPSA) is 37.8 Å². The molecular formula is C16H16BrN3S. The summed E-state index contributed by atoms with van der Waals surface area (Å²) in [6.45, 7) is 4.28. The Balaban J connectivity index is 2.25. The van der Waals surface area contributed by atoms with E-state index in [1.807, 2.05) is 7.05 Å². The maximum absolute atomic E-state index is 4.78. The van der Waals surface area contributed by atoms with Gasteiger partial charge in [-0.2, -0.15) is 0 Å². The molecule has 2 aromatic heterocycles. The van der Waals surface area contributed by atoms with Crippen LogP contribution in [0.3, 0.4) is 0 Å². The van der Waals surface area contributed by atoms with E-state index in [1.54, 1.807) is 11.3 Å². The first-order valence-corrected chi connectivity index (χ1v) is 8.51. The highest BCUT2D eigenvalue weighted by Crippen LogP contribution is 2.36. The van der Waals surface area contributed by atoms with E-state index in [0.717, 1.165) is 27.4 Å². The molecule has 1 aromatic carbocycles. The molecule has 3 rings (SSSR count). The highest BCUT2D eigenvalue weighted by Gasteiger charge is 2.17. The van der Waals surface area contributed by atoms with Crippen LogP contribution in [-0.2, 0) is 0 Å². The Kier molecular flexibility index (Phi) is 3.95. The van der Waals surface area contributed by atoms with E-state index >= 15 is 0 Å². The summed E-state index contributed by atoms with van der Waals surface area (Å²) < 4.78 is 2.21. The third-order valence-corrected chi connectivity index (χ3v) is 5.13. The zero-order valence-electron chi connectivity index (χ0n) is 12.1. The lowest BCUT2D eigenvalue weighted by molar-refractivity contribution is 0.810. The highest BCUT2D eigenvalue weighted by atomic mass is 79.9. The average molecular weight is 362 g/mol. The minimum atomic E-state index is 0.332. The van der Waals surface area contributed by atoms with Gasteiger partial charge in [0.15, 0.2) is 5.82 Å². The highest BCUT2D eigenvalue weighted by molar-refractivity contribution is 9.10. The number of hydrogen-bond acceptors (Lipinski definition) is 4. The van der Waals surface area contributed by atoms with Gasteiger partial charge in [0.25, 0.3) is 0 Å². The van der Waals surface area contributed by atoms with Gasteiger partial charge in [0.2, 0.25) is 0 Å². The van der Waals surface area contributed by atoms with Crippen LogP contribution < -0.4 is 5.32 Å². The number of nitrogens with one attached hydrogen (secondary N) is 1. The summed E-state index contributed by atoms with van der Waals surface area (Å²) in [7, 11) is 1.88. The predicted octanol–water partition coefficient (Wildman–Crippen LogP) is 5.29. The lowest BCUT2D eigenvalue weighted by atomic mass is 10.1. The van der Waals surface area contributed by atoms with E-state index in [4.69, 9.17) is 4.98 Å². The third-order valence-electron chi connectivity index (χ3n) is 3.38. The van der Waals surface area contributed by atoms with Crippen molar-refractivity contribution in [3.63, 3.8) is 0 Å². The van der Waals surface area contributed by atoms with Crippen molar-refractivity contribution in [1.82, 2.24) is 9.97 Å². The van der Waals surface area contributed by atoms with Gasteiger partial charge in [0.1, 0.15) is 5.82 Å². The number of rotatable bonds is 3.